The lowest BCUT2D eigenvalue weighted by Crippen LogP contribution is -1.71. The van der Waals surface area contributed by atoms with Crippen molar-refractivity contribution in [2.24, 2.45) is 4.99 Å². The van der Waals surface area contributed by atoms with Crippen LogP contribution in [0.2, 0.25) is 0 Å². The van der Waals surface area contributed by atoms with E-state index in [-0.39, 0.29) is 0 Å². The number of thiocarbonyl (C=S) groups is 1. The van der Waals surface area contributed by atoms with Crippen LogP contribution in [-0.2, 0) is 0 Å². The van der Waals surface area contributed by atoms with Crippen molar-refractivity contribution in [1.82, 2.24) is 9.97 Å². The molecule has 0 atom stereocenters. The summed E-state index contributed by atoms with van der Waals surface area (Å²) in [5.41, 5.74) is 0.632. The number of aliphatic imine (C=N–C) groups is 1. The number of aromatic nitrogens is 2. The zero-order valence-electron chi connectivity index (χ0n) is 4.48. The van der Waals surface area contributed by atoms with Gasteiger partial charge in [-0.3, -0.25) is 0 Å². The van der Waals surface area contributed by atoms with Gasteiger partial charge < -0.3 is 0 Å². The van der Waals surface area contributed by atoms with Crippen molar-refractivity contribution < 1.29 is 0 Å². The van der Waals surface area contributed by atoms with Crippen LogP contribution in [0.1, 0.15) is 0 Å². The fraction of sp³-hybridized carbons (Fsp3) is 0. The van der Waals surface area contributed by atoms with Gasteiger partial charge in [0.15, 0.2) is 0 Å². The largest absolute Gasteiger partial charge is 0.243 e. The molecule has 0 saturated carbocycles. The minimum Gasteiger partial charge on any atom is -0.243 e. The molecule has 0 spiro atoms. The highest BCUT2D eigenvalue weighted by Gasteiger charge is 1.81. The summed E-state index contributed by atoms with van der Waals surface area (Å²) in [4.78, 5) is 11.1. The van der Waals surface area contributed by atoms with Gasteiger partial charge in [-0.2, -0.15) is 4.99 Å². The molecule has 0 amide bonds. The maximum Gasteiger partial charge on any atom is 0.115 e. The molecule has 1 rings (SSSR count). The quantitative estimate of drug-likeness (QED) is 0.431. The van der Waals surface area contributed by atoms with E-state index in [0.717, 1.165) is 0 Å². The van der Waals surface area contributed by atoms with Crippen molar-refractivity contribution in [3.8, 4) is 0 Å². The summed E-state index contributed by atoms with van der Waals surface area (Å²) < 4.78 is 0. The summed E-state index contributed by atoms with van der Waals surface area (Å²) in [7, 11) is 0. The second-order valence-corrected chi connectivity index (χ2v) is 1.48. The molecule has 0 saturated heterocycles. The van der Waals surface area contributed by atoms with Gasteiger partial charge in [-0.1, -0.05) is 0 Å². The van der Waals surface area contributed by atoms with Crippen molar-refractivity contribution >= 4 is 23.1 Å². The second kappa shape index (κ2) is 3.02. The Morgan fingerprint density at radius 3 is 2.67 bits per heavy atom. The third kappa shape index (κ3) is 1.68. The van der Waals surface area contributed by atoms with Crippen LogP contribution in [-0.4, -0.2) is 15.1 Å². The van der Waals surface area contributed by atoms with Gasteiger partial charge in [0.2, 0.25) is 0 Å². The van der Waals surface area contributed by atoms with Crippen LogP contribution in [0, 0.1) is 0 Å². The monoisotopic (exact) mass is 137 g/mol. The first kappa shape index (κ1) is 6.01. The van der Waals surface area contributed by atoms with E-state index in [1.54, 1.807) is 12.4 Å². The number of hydrogen-bond donors (Lipinski definition) is 0. The summed E-state index contributed by atoms with van der Waals surface area (Å²) in [5, 5.41) is 2.21. The fourth-order valence-corrected chi connectivity index (χ4v) is 0.507. The molecule has 44 valence electrons. The van der Waals surface area contributed by atoms with Crippen molar-refractivity contribution in [3.63, 3.8) is 0 Å². The zero-order valence-corrected chi connectivity index (χ0v) is 5.30. The maximum atomic E-state index is 4.36. The number of rotatable bonds is 1. The average molecular weight is 137 g/mol. The molecule has 1 aromatic rings. The summed E-state index contributed by atoms with van der Waals surface area (Å²) in [6, 6.07) is 0. The van der Waals surface area contributed by atoms with E-state index in [1.165, 1.54) is 6.33 Å². The zero-order chi connectivity index (χ0) is 6.53. The van der Waals surface area contributed by atoms with E-state index >= 15 is 0 Å². The number of hydrogen-bond acceptors (Lipinski definition) is 4. The summed E-state index contributed by atoms with van der Waals surface area (Å²) in [6.45, 7) is 0. The van der Waals surface area contributed by atoms with Crippen LogP contribution in [0.15, 0.2) is 23.7 Å². The summed E-state index contributed by atoms with van der Waals surface area (Å²) in [5.74, 6) is 0. The number of isothiocyanates is 1. The van der Waals surface area contributed by atoms with Crippen molar-refractivity contribution in [2.75, 3.05) is 0 Å². The highest BCUT2D eigenvalue weighted by atomic mass is 32.1. The van der Waals surface area contributed by atoms with Crippen LogP contribution < -0.4 is 0 Å². The molecule has 0 N–H and O–H groups in total. The fourth-order valence-electron chi connectivity index (χ4n) is 0.402. The average Bonchev–Trinajstić information content (AvgIpc) is 1.91. The molecule has 9 heavy (non-hydrogen) atoms. The lowest BCUT2D eigenvalue weighted by Gasteiger charge is -1.82. The molecular formula is C5H3N3S. The van der Waals surface area contributed by atoms with Gasteiger partial charge in [-0.15, -0.1) is 0 Å². The summed E-state index contributed by atoms with van der Waals surface area (Å²) in [6.07, 6.45) is 4.56. The molecule has 4 heteroatoms. The van der Waals surface area contributed by atoms with E-state index in [2.05, 4.69) is 32.3 Å². The van der Waals surface area contributed by atoms with Gasteiger partial charge >= 0.3 is 0 Å². The lowest BCUT2D eigenvalue weighted by atomic mass is 10.6. The lowest BCUT2D eigenvalue weighted by molar-refractivity contribution is 1.16. The Morgan fingerprint density at radius 2 is 2.11 bits per heavy atom. The first-order valence-corrected chi connectivity index (χ1v) is 2.67. The number of nitrogens with zero attached hydrogens (tertiary/aromatic N) is 3. The van der Waals surface area contributed by atoms with E-state index in [4.69, 9.17) is 0 Å². The van der Waals surface area contributed by atoms with Crippen LogP contribution in [0.5, 0.6) is 0 Å². The molecule has 0 fully saturated rings. The highest BCUT2D eigenvalue weighted by Crippen LogP contribution is 2.02. The predicted octanol–water partition coefficient (Wildman–Crippen LogP) is 1.21. The SMILES string of the molecule is S=C=Nc1cncnc1. The van der Waals surface area contributed by atoms with Crippen molar-refractivity contribution in [3.05, 3.63) is 18.7 Å². The van der Waals surface area contributed by atoms with Crippen LogP contribution in [0.3, 0.4) is 0 Å². The smallest absolute Gasteiger partial charge is 0.115 e. The first-order chi connectivity index (χ1) is 4.43. The highest BCUT2D eigenvalue weighted by molar-refractivity contribution is 7.78. The van der Waals surface area contributed by atoms with Crippen LogP contribution in [0.4, 0.5) is 5.69 Å². The molecule has 0 aliphatic heterocycles. The van der Waals surface area contributed by atoms with Crippen molar-refractivity contribution in [1.29, 1.82) is 0 Å². The predicted molar refractivity (Wildman–Crippen MR) is 36.7 cm³/mol. The molecule has 1 heterocycles. The summed E-state index contributed by atoms with van der Waals surface area (Å²) >= 11 is 4.36. The van der Waals surface area contributed by atoms with Crippen LogP contribution >= 0.6 is 12.2 Å². The van der Waals surface area contributed by atoms with Gasteiger partial charge in [0.1, 0.15) is 12.0 Å². The molecule has 0 radical (unpaired) electrons. The molecule has 3 nitrogen and oxygen atoms in total. The topological polar surface area (TPSA) is 38.1 Å². The standard InChI is InChI=1S/C5H3N3S/c9-4-8-5-1-6-3-7-2-5/h1-3H. The molecule has 0 bridgehead atoms. The molecular weight excluding hydrogens is 134 g/mol. The minimum absolute atomic E-state index is 0.632. The van der Waals surface area contributed by atoms with Gasteiger partial charge in [-0.05, 0) is 12.2 Å². The molecule has 0 aromatic carbocycles. The Morgan fingerprint density at radius 1 is 1.44 bits per heavy atom. The minimum atomic E-state index is 0.632. The molecule has 1 aromatic heterocycles. The Labute approximate surface area is 57.5 Å². The maximum absolute atomic E-state index is 4.36. The Balaban J connectivity index is 2.97. The van der Waals surface area contributed by atoms with E-state index in [9.17, 15) is 0 Å². The van der Waals surface area contributed by atoms with E-state index in [0.29, 0.717) is 5.69 Å². The second-order valence-electron chi connectivity index (χ2n) is 1.30. The first-order valence-electron chi connectivity index (χ1n) is 2.26. The normalized spacial score (nSPS) is 8.00. The van der Waals surface area contributed by atoms with Gasteiger partial charge in [0.05, 0.1) is 17.6 Å². The third-order valence-electron chi connectivity index (χ3n) is 0.722. The Hall–Kier alpha value is -1.12. The van der Waals surface area contributed by atoms with Crippen molar-refractivity contribution in [2.45, 2.75) is 0 Å². The Kier molecular flexibility index (Phi) is 2.01. The van der Waals surface area contributed by atoms with E-state index < -0.39 is 0 Å². The molecule has 0 unspecified atom stereocenters. The van der Waals surface area contributed by atoms with Gasteiger partial charge in [-0.25, -0.2) is 9.97 Å². The van der Waals surface area contributed by atoms with Gasteiger partial charge in [0.25, 0.3) is 0 Å². The third-order valence-corrected chi connectivity index (χ3v) is 0.813. The van der Waals surface area contributed by atoms with Gasteiger partial charge in [0, 0.05) is 0 Å². The Bertz CT molecular complexity index is 227. The van der Waals surface area contributed by atoms with E-state index in [1.807, 2.05) is 0 Å². The van der Waals surface area contributed by atoms with Crippen LogP contribution in [0.25, 0.3) is 0 Å². The molecule has 0 aliphatic rings. The molecule has 0 aliphatic carbocycles.